The number of carbonyl (C=O) groups is 1. The first-order chi connectivity index (χ1) is 9.11. The maximum Gasteiger partial charge on any atom is 0.259 e. The molecule has 0 spiro atoms. The van der Waals surface area contributed by atoms with E-state index in [1.807, 2.05) is 0 Å². The monoisotopic (exact) mass is 277 g/mol. The number of hydrogen-bond donors (Lipinski definition) is 2. The van der Waals surface area contributed by atoms with Crippen LogP contribution in [0.25, 0.3) is 0 Å². The van der Waals surface area contributed by atoms with E-state index >= 15 is 0 Å². The third-order valence-corrected chi connectivity index (χ3v) is 2.80. The summed E-state index contributed by atoms with van der Waals surface area (Å²) in [6.07, 6.45) is 2.94. The summed E-state index contributed by atoms with van der Waals surface area (Å²) in [6.45, 7) is 0. The number of nitrogen functional groups attached to an aromatic ring is 1. The highest BCUT2D eigenvalue weighted by atomic mass is 35.5. The molecule has 1 amide bonds. The standard InChI is InChI=1S/C13H12ClN3O2/c1-19-12-3-2-8(6-10(12)14)17-13(18)9-7-16-5-4-11(9)15/h2-7H,1H3,(H2,15,16)(H,17,18). The summed E-state index contributed by atoms with van der Waals surface area (Å²) >= 11 is 5.98. The summed E-state index contributed by atoms with van der Waals surface area (Å²) in [5, 5.41) is 3.11. The number of nitrogens with two attached hydrogens (primary N) is 1. The van der Waals surface area contributed by atoms with Gasteiger partial charge in [0.25, 0.3) is 5.91 Å². The SMILES string of the molecule is COc1ccc(NC(=O)c2cnccc2N)cc1Cl. The molecular formula is C13H12ClN3O2. The Bertz CT molecular complexity index is 617. The summed E-state index contributed by atoms with van der Waals surface area (Å²) < 4.78 is 5.03. The van der Waals surface area contributed by atoms with Crippen LogP contribution in [0, 0.1) is 0 Å². The zero-order chi connectivity index (χ0) is 13.8. The number of anilines is 2. The first kappa shape index (κ1) is 13.2. The van der Waals surface area contributed by atoms with E-state index in [0.29, 0.717) is 27.7 Å². The van der Waals surface area contributed by atoms with Crippen LogP contribution >= 0.6 is 11.6 Å². The summed E-state index contributed by atoms with van der Waals surface area (Å²) in [6, 6.07) is 6.53. The Morgan fingerprint density at radius 3 is 2.84 bits per heavy atom. The number of halogens is 1. The average molecular weight is 278 g/mol. The number of ether oxygens (including phenoxy) is 1. The normalized spacial score (nSPS) is 10.0. The van der Waals surface area contributed by atoms with E-state index in [4.69, 9.17) is 22.1 Å². The van der Waals surface area contributed by atoms with Crippen LogP contribution in [-0.4, -0.2) is 18.0 Å². The maximum absolute atomic E-state index is 12.0. The van der Waals surface area contributed by atoms with Crippen LogP contribution in [0.1, 0.15) is 10.4 Å². The molecule has 0 atom stereocenters. The maximum atomic E-state index is 12.0. The predicted octanol–water partition coefficient (Wildman–Crippen LogP) is 2.58. The Morgan fingerprint density at radius 1 is 1.42 bits per heavy atom. The van der Waals surface area contributed by atoms with Gasteiger partial charge in [-0.2, -0.15) is 0 Å². The Kier molecular flexibility index (Phi) is 3.87. The predicted molar refractivity (Wildman–Crippen MR) is 74.6 cm³/mol. The van der Waals surface area contributed by atoms with Gasteiger partial charge in [0.1, 0.15) is 5.75 Å². The Balaban J connectivity index is 2.20. The van der Waals surface area contributed by atoms with Crippen LogP contribution in [0.5, 0.6) is 5.75 Å². The largest absolute Gasteiger partial charge is 0.495 e. The van der Waals surface area contributed by atoms with Crippen LogP contribution in [0.4, 0.5) is 11.4 Å². The van der Waals surface area contributed by atoms with Crippen molar-refractivity contribution in [2.45, 2.75) is 0 Å². The topological polar surface area (TPSA) is 77.2 Å². The number of hydrogen-bond acceptors (Lipinski definition) is 4. The lowest BCUT2D eigenvalue weighted by molar-refractivity contribution is 0.102. The number of carbonyl (C=O) groups excluding carboxylic acids is 1. The number of pyridine rings is 1. The van der Waals surface area contributed by atoms with Gasteiger partial charge in [0, 0.05) is 23.8 Å². The molecular weight excluding hydrogens is 266 g/mol. The molecule has 0 unspecified atom stereocenters. The molecule has 0 radical (unpaired) electrons. The fourth-order valence-electron chi connectivity index (χ4n) is 1.54. The highest BCUT2D eigenvalue weighted by molar-refractivity contribution is 6.32. The molecule has 1 aromatic heterocycles. The molecule has 3 N–H and O–H groups in total. The lowest BCUT2D eigenvalue weighted by atomic mass is 10.2. The second-order valence-corrected chi connectivity index (χ2v) is 4.17. The van der Waals surface area contributed by atoms with E-state index in [2.05, 4.69) is 10.3 Å². The first-order valence-corrected chi connectivity index (χ1v) is 5.84. The number of benzene rings is 1. The van der Waals surface area contributed by atoms with Crippen molar-refractivity contribution >= 4 is 28.9 Å². The highest BCUT2D eigenvalue weighted by Crippen LogP contribution is 2.27. The van der Waals surface area contributed by atoms with E-state index in [9.17, 15) is 4.79 Å². The van der Waals surface area contributed by atoms with Crippen LogP contribution < -0.4 is 15.8 Å². The number of rotatable bonds is 3. The van der Waals surface area contributed by atoms with Crippen LogP contribution in [0.3, 0.4) is 0 Å². The van der Waals surface area contributed by atoms with Crippen molar-refractivity contribution in [3.05, 3.63) is 47.2 Å². The second-order valence-electron chi connectivity index (χ2n) is 3.77. The molecule has 98 valence electrons. The van der Waals surface area contributed by atoms with Crippen LogP contribution in [0.2, 0.25) is 5.02 Å². The minimum atomic E-state index is -0.341. The van der Waals surface area contributed by atoms with E-state index < -0.39 is 0 Å². The molecule has 0 aliphatic rings. The van der Waals surface area contributed by atoms with Gasteiger partial charge in [0.15, 0.2) is 0 Å². The molecule has 2 aromatic rings. The van der Waals surface area contributed by atoms with Gasteiger partial charge in [-0.15, -0.1) is 0 Å². The van der Waals surface area contributed by atoms with Gasteiger partial charge in [-0.1, -0.05) is 11.6 Å². The van der Waals surface area contributed by atoms with Gasteiger partial charge in [0.2, 0.25) is 0 Å². The summed E-state index contributed by atoms with van der Waals surface area (Å²) in [4.78, 5) is 15.9. The number of methoxy groups -OCH3 is 1. The number of aromatic nitrogens is 1. The molecule has 0 aliphatic heterocycles. The molecule has 5 nitrogen and oxygen atoms in total. The smallest absolute Gasteiger partial charge is 0.259 e. The molecule has 0 fully saturated rings. The highest BCUT2D eigenvalue weighted by Gasteiger charge is 2.10. The van der Waals surface area contributed by atoms with E-state index in [0.717, 1.165) is 0 Å². The molecule has 0 saturated carbocycles. The minimum absolute atomic E-state index is 0.314. The molecule has 0 bridgehead atoms. The summed E-state index contributed by atoms with van der Waals surface area (Å²) in [7, 11) is 1.52. The fourth-order valence-corrected chi connectivity index (χ4v) is 1.80. The minimum Gasteiger partial charge on any atom is -0.495 e. The van der Waals surface area contributed by atoms with Crippen molar-refractivity contribution < 1.29 is 9.53 Å². The zero-order valence-corrected chi connectivity index (χ0v) is 10.9. The van der Waals surface area contributed by atoms with Crippen molar-refractivity contribution in [2.75, 3.05) is 18.2 Å². The first-order valence-electron chi connectivity index (χ1n) is 5.46. The second kappa shape index (κ2) is 5.58. The van der Waals surface area contributed by atoms with Crippen molar-refractivity contribution in [1.82, 2.24) is 4.98 Å². The third-order valence-electron chi connectivity index (χ3n) is 2.51. The van der Waals surface area contributed by atoms with Crippen molar-refractivity contribution in [3.63, 3.8) is 0 Å². The third kappa shape index (κ3) is 2.95. The summed E-state index contributed by atoms with van der Waals surface area (Å²) in [5.74, 6) is 0.201. The van der Waals surface area contributed by atoms with Gasteiger partial charge in [-0.05, 0) is 24.3 Å². The van der Waals surface area contributed by atoms with Gasteiger partial charge < -0.3 is 15.8 Å². The Morgan fingerprint density at radius 2 is 2.21 bits per heavy atom. The molecule has 0 saturated heterocycles. The van der Waals surface area contributed by atoms with Crippen LogP contribution in [-0.2, 0) is 0 Å². The molecule has 1 aromatic carbocycles. The molecule has 6 heteroatoms. The zero-order valence-electron chi connectivity index (χ0n) is 10.2. The van der Waals surface area contributed by atoms with Gasteiger partial charge in [0.05, 0.1) is 17.7 Å². The van der Waals surface area contributed by atoms with E-state index in [1.54, 1.807) is 24.3 Å². The molecule has 2 rings (SSSR count). The quantitative estimate of drug-likeness (QED) is 0.904. The summed E-state index contributed by atoms with van der Waals surface area (Å²) in [5.41, 5.74) is 6.94. The van der Waals surface area contributed by atoms with Crippen molar-refractivity contribution in [1.29, 1.82) is 0 Å². The molecule has 0 aliphatic carbocycles. The fraction of sp³-hybridized carbons (Fsp3) is 0.0769. The molecule has 1 heterocycles. The van der Waals surface area contributed by atoms with E-state index in [-0.39, 0.29) is 5.91 Å². The molecule has 19 heavy (non-hydrogen) atoms. The van der Waals surface area contributed by atoms with Gasteiger partial charge in [-0.3, -0.25) is 9.78 Å². The average Bonchev–Trinajstić information content (AvgIpc) is 2.39. The Hall–Kier alpha value is -2.27. The van der Waals surface area contributed by atoms with E-state index in [1.165, 1.54) is 19.5 Å². The lowest BCUT2D eigenvalue weighted by Crippen LogP contribution is -2.14. The van der Waals surface area contributed by atoms with Crippen molar-refractivity contribution in [2.24, 2.45) is 0 Å². The lowest BCUT2D eigenvalue weighted by Gasteiger charge is -2.09. The number of amides is 1. The van der Waals surface area contributed by atoms with Gasteiger partial charge in [-0.25, -0.2) is 0 Å². The Labute approximate surface area is 115 Å². The number of nitrogens with one attached hydrogen (secondary N) is 1. The van der Waals surface area contributed by atoms with Gasteiger partial charge >= 0.3 is 0 Å². The van der Waals surface area contributed by atoms with Crippen LogP contribution in [0.15, 0.2) is 36.7 Å². The van der Waals surface area contributed by atoms with Crippen molar-refractivity contribution in [3.8, 4) is 5.75 Å². The number of nitrogens with zero attached hydrogens (tertiary/aromatic N) is 1.